The third kappa shape index (κ3) is 6.38. The molecular weight excluding hydrogens is 390 g/mol. The maximum Gasteiger partial charge on any atom is 0.224 e. The zero-order chi connectivity index (χ0) is 22.1. The Bertz CT molecular complexity index is 899. The van der Waals surface area contributed by atoms with E-state index in [0.717, 1.165) is 54.6 Å². The summed E-state index contributed by atoms with van der Waals surface area (Å²) in [6.07, 6.45) is 2.40. The minimum atomic E-state index is 0.0471. The standard InChI is InChI=1S/C24H33N5O2/c1-4-8-23(30)27-19-10-7-9-18(15-19)16-26-24(25-2)28-20-13-14-29(17-20)21-11-5-6-12-22(21)31-3/h5-7,9-12,15,20H,4,8,13-14,16-17H2,1-3H3,(H,27,30)(H2,25,26,28). The zero-order valence-corrected chi connectivity index (χ0v) is 18.6. The second-order valence-electron chi connectivity index (χ2n) is 7.67. The molecule has 1 heterocycles. The zero-order valence-electron chi connectivity index (χ0n) is 18.6. The molecule has 3 N–H and O–H groups in total. The molecule has 0 radical (unpaired) electrons. The van der Waals surface area contributed by atoms with Gasteiger partial charge in [-0.3, -0.25) is 9.79 Å². The highest BCUT2D eigenvalue weighted by Gasteiger charge is 2.25. The van der Waals surface area contributed by atoms with Crippen molar-refractivity contribution in [3.63, 3.8) is 0 Å². The van der Waals surface area contributed by atoms with Crippen LogP contribution in [0.25, 0.3) is 0 Å². The Morgan fingerprint density at radius 3 is 2.84 bits per heavy atom. The van der Waals surface area contributed by atoms with Crippen molar-refractivity contribution in [3.05, 3.63) is 54.1 Å². The van der Waals surface area contributed by atoms with Gasteiger partial charge in [-0.25, -0.2) is 0 Å². The first-order valence-corrected chi connectivity index (χ1v) is 10.9. The maximum atomic E-state index is 11.8. The van der Waals surface area contributed by atoms with E-state index in [-0.39, 0.29) is 5.91 Å². The van der Waals surface area contributed by atoms with Gasteiger partial charge in [0.15, 0.2) is 5.96 Å². The number of carbonyl (C=O) groups is 1. The number of hydrogen-bond donors (Lipinski definition) is 3. The number of amides is 1. The number of nitrogens with zero attached hydrogens (tertiary/aromatic N) is 2. The lowest BCUT2D eigenvalue weighted by Crippen LogP contribution is -2.44. The summed E-state index contributed by atoms with van der Waals surface area (Å²) >= 11 is 0. The molecule has 166 valence electrons. The molecule has 0 spiro atoms. The normalized spacial score (nSPS) is 16.2. The number of para-hydroxylation sites is 2. The smallest absolute Gasteiger partial charge is 0.224 e. The average Bonchev–Trinajstić information content (AvgIpc) is 3.25. The van der Waals surface area contributed by atoms with Crippen molar-refractivity contribution < 1.29 is 9.53 Å². The fourth-order valence-corrected chi connectivity index (χ4v) is 3.77. The largest absolute Gasteiger partial charge is 0.495 e. The first-order valence-electron chi connectivity index (χ1n) is 10.9. The summed E-state index contributed by atoms with van der Waals surface area (Å²) in [7, 11) is 3.49. The van der Waals surface area contributed by atoms with E-state index in [9.17, 15) is 4.79 Å². The second-order valence-corrected chi connectivity index (χ2v) is 7.67. The van der Waals surface area contributed by atoms with Gasteiger partial charge in [-0.2, -0.15) is 0 Å². The molecule has 1 aliphatic rings. The van der Waals surface area contributed by atoms with Gasteiger partial charge < -0.3 is 25.6 Å². The van der Waals surface area contributed by atoms with Gasteiger partial charge in [0.1, 0.15) is 5.75 Å². The van der Waals surface area contributed by atoms with Crippen LogP contribution in [-0.2, 0) is 11.3 Å². The van der Waals surface area contributed by atoms with Crippen molar-refractivity contribution in [2.75, 3.05) is 37.5 Å². The molecule has 2 aromatic carbocycles. The highest BCUT2D eigenvalue weighted by atomic mass is 16.5. The number of hydrogen-bond acceptors (Lipinski definition) is 4. The first-order chi connectivity index (χ1) is 15.1. The third-order valence-corrected chi connectivity index (χ3v) is 5.33. The quantitative estimate of drug-likeness (QED) is 0.448. The number of rotatable bonds is 8. The number of carbonyl (C=O) groups excluding carboxylic acids is 1. The summed E-state index contributed by atoms with van der Waals surface area (Å²) in [5.41, 5.74) is 3.03. The van der Waals surface area contributed by atoms with Crippen LogP contribution in [0.4, 0.5) is 11.4 Å². The van der Waals surface area contributed by atoms with E-state index in [4.69, 9.17) is 4.74 Å². The van der Waals surface area contributed by atoms with Crippen LogP contribution >= 0.6 is 0 Å². The van der Waals surface area contributed by atoms with Gasteiger partial charge in [-0.1, -0.05) is 31.2 Å². The molecule has 0 bridgehead atoms. The van der Waals surface area contributed by atoms with Crippen molar-refractivity contribution in [1.29, 1.82) is 0 Å². The molecule has 1 amide bonds. The van der Waals surface area contributed by atoms with E-state index in [1.165, 1.54) is 0 Å². The SMILES string of the molecule is CCCC(=O)Nc1cccc(CNC(=NC)NC2CCN(c3ccccc3OC)C2)c1. The topological polar surface area (TPSA) is 78.0 Å². The van der Waals surface area contributed by atoms with E-state index in [0.29, 0.717) is 19.0 Å². The lowest BCUT2D eigenvalue weighted by molar-refractivity contribution is -0.116. The second kappa shape index (κ2) is 11.2. The average molecular weight is 424 g/mol. The summed E-state index contributed by atoms with van der Waals surface area (Å²) in [5.74, 6) is 1.72. The van der Waals surface area contributed by atoms with Crippen LogP contribution in [0.1, 0.15) is 31.7 Å². The van der Waals surface area contributed by atoms with E-state index in [2.05, 4.69) is 31.9 Å². The van der Waals surface area contributed by atoms with Crippen LogP contribution < -0.4 is 25.6 Å². The third-order valence-electron chi connectivity index (χ3n) is 5.33. The fourth-order valence-electron chi connectivity index (χ4n) is 3.77. The lowest BCUT2D eigenvalue weighted by atomic mass is 10.2. The Balaban J connectivity index is 1.52. The number of guanidine groups is 1. The lowest BCUT2D eigenvalue weighted by Gasteiger charge is -2.22. The van der Waals surface area contributed by atoms with Gasteiger partial charge in [0.05, 0.1) is 12.8 Å². The number of nitrogens with one attached hydrogen (secondary N) is 3. The molecule has 1 fully saturated rings. The van der Waals surface area contributed by atoms with E-state index in [1.807, 2.05) is 49.4 Å². The number of ether oxygens (including phenoxy) is 1. The van der Waals surface area contributed by atoms with Gasteiger partial charge in [0.25, 0.3) is 0 Å². The van der Waals surface area contributed by atoms with Crippen LogP contribution in [0.3, 0.4) is 0 Å². The van der Waals surface area contributed by atoms with Gasteiger partial charge in [-0.15, -0.1) is 0 Å². The van der Waals surface area contributed by atoms with E-state index < -0.39 is 0 Å². The molecular formula is C24H33N5O2. The minimum absolute atomic E-state index is 0.0471. The van der Waals surface area contributed by atoms with Crippen molar-refractivity contribution in [3.8, 4) is 5.75 Å². The Hall–Kier alpha value is -3.22. The Labute approximate surface area is 184 Å². The monoisotopic (exact) mass is 423 g/mol. The molecule has 31 heavy (non-hydrogen) atoms. The van der Waals surface area contributed by atoms with Crippen molar-refractivity contribution >= 4 is 23.2 Å². The van der Waals surface area contributed by atoms with Gasteiger partial charge >= 0.3 is 0 Å². The molecule has 7 heteroatoms. The highest BCUT2D eigenvalue weighted by Crippen LogP contribution is 2.30. The molecule has 2 aromatic rings. The van der Waals surface area contributed by atoms with Crippen LogP contribution in [0.2, 0.25) is 0 Å². The van der Waals surface area contributed by atoms with Gasteiger partial charge in [-0.05, 0) is 42.7 Å². The fraction of sp³-hybridized carbons (Fsp3) is 0.417. The molecule has 1 saturated heterocycles. The first kappa shape index (κ1) is 22.5. The predicted octanol–water partition coefficient (Wildman–Crippen LogP) is 3.38. The highest BCUT2D eigenvalue weighted by molar-refractivity contribution is 5.90. The minimum Gasteiger partial charge on any atom is -0.495 e. The number of methoxy groups -OCH3 is 1. The molecule has 1 aliphatic heterocycles. The number of aliphatic imine (C=N–C) groups is 1. The summed E-state index contributed by atoms with van der Waals surface area (Å²) in [4.78, 5) is 18.5. The Morgan fingerprint density at radius 2 is 2.06 bits per heavy atom. The molecule has 1 atom stereocenters. The van der Waals surface area contributed by atoms with Crippen LogP contribution in [-0.4, -0.2) is 45.2 Å². The molecule has 0 aliphatic carbocycles. The summed E-state index contributed by atoms with van der Waals surface area (Å²) in [5, 5.41) is 9.85. The summed E-state index contributed by atoms with van der Waals surface area (Å²) < 4.78 is 5.51. The van der Waals surface area contributed by atoms with Crippen LogP contribution in [0, 0.1) is 0 Å². The predicted molar refractivity (Wildman–Crippen MR) is 127 cm³/mol. The van der Waals surface area contributed by atoms with E-state index in [1.54, 1.807) is 14.2 Å². The van der Waals surface area contributed by atoms with Crippen molar-refractivity contribution in [2.24, 2.45) is 4.99 Å². The van der Waals surface area contributed by atoms with Crippen LogP contribution in [0.5, 0.6) is 5.75 Å². The molecule has 0 aromatic heterocycles. The molecule has 1 unspecified atom stereocenters. The Morgan fingerprint density at radius 1 is 1.23 bits per heavy atom. The van der Waals surface area contributed by atoms with Crippen molar-refractivity contribution in [2.45, 2.75) is 38.8 Å². The summed E-state index contributed by atoms with van der Waals surface area (Å²) in [6, 6.07) is 16.3. The molecule has 3 rings (SSSR count). The molecule has 7 nitrogen and oxygen atoms in total. The number of benzene rings is 2. The molecule has 0 saturated carbocycles. The van der Waals surface area contributed by atoms with Crippen molar-refractivity contribution in [1.82, 2.24) is 10.6 Å². The van der Waals surface area contributed by atoms with Crippen LogP contribution in [0.15, 0.2) is 53.5 Å². The van der Waals surface area contributed by atoms with Gasteiger partial charge in [0, 0.05) is 44.8 Å². The van der Waals surface area contributed by atoms with Gasteiger partial charge in [0.2, 0.25) is 5.91 Å². The number of anilines is 2. The maximum absolute atomic E-state index is 11.8. The Kier molecular flexibility index (Phi) is 8.15. The summed E-state index contributed by atoms with van der Waals surface area (Å²) in [6.45, 7) is 4.48. The van der Waals surface area contributed by atoms with E-state index >= 15 is 0 Å².